The molecule has 2 aromatic carbocycles. The molecule has 0 bridgehead atoms. The van der Waals surface area contributed by atoms with Gasteiger partial charge in [0.25, 0.3) is 0 Å². The van der Waals surface area contributed by atoms with E-state index in [1.54, 1.807) is 12.1 Å². The van der Waals surface area contributed by atoms with E-state index < -0.39 is 11.6 Å². The number of hydrogen-bond acceptors (Lipinski definition) is 2. The van der Waals surface area contributed by atoms with Gasteiger partial charge in [0.05, 0.1) is 5.56 Å². The number of ketones is 1. The van der Waals surface area contributed by atoms with Gasteiger partial charge in [0.15, 0.2) is 5.78 Å². The number of carbonyl (C=O) groups excluding carboxylic acids is 2. The molecule has 0 spiro atoms. The van der Waals surface area contributed by atoms with E-state index in [-0.39, 0.29) is 11.5 Å². The third kappa shape index (κ3) is 3.22. The average Bonchev–Trinajstić information content (AvgIpc) is 2.41. The van der Waals surface area contributed by atoms with Gasteiger partial charge < -0.3 is 5.32 Å². The first kappa shape index (κ1) is 14.2. The first-order valence-corrected chi connectivity index (χ1v) is 6.22. The minimum atomic E-state index is -0.620. The molecule has 102 valence electrons. The number of carbonyl (C=O) groups is 2. The summed E-state index contributed by atoms with van der Waals surface area (Å²) in [5.41, 5.74) is 0.811. The molecule has 0 aliphatic heterocycles. The SMILES string of the molecule is CC(=O)Nc1ccc(C(=O)c2cc(Cl)ccc2F)cc1. The van der Waals surface area contributed by atoms with E-state index in [2.05, 4.69) is 5.32 Å². The fraction of sp³-hybridized carbons (Fsp3) is 0.0667. The maximum Gasteiger partial charge on any atom is 0.221 e. The molecule has 0 aliphatic rings. The van der Waals surface area contributed by atoms with Crippen molar-refractivity contribution in [1.82, 2.24) is 0 Å². The highest BCUT2D eigenvalue weighted by atomic mass is 35.5. The van der Waals surface area contributed by atoms with Gasteiger partial charge in [-0.1, -0.05) is 11.6 Å². The van der Waals surface area contributed by atoms with Crippen molar-refractivity contribution in [3.8, 4) is 0 Å². The van der Waals surface area contributed by atoms with E-state index >= 15 is 0 Å². The summed E-state index contributed by atoms with van der Waals surface area (Å²) in [6.07, 6.45) is 0. The number of hydrogen-bond donors (Lipinski definition) is 1. The van der Waals surface area contributed by atoms with Gasteiger partial charge in [-0.25, -0.2) is 4.39 Å². The summed E-state index contributed by atoms with van der Waals surface area (Å²) in [4.78, 5) is 23.1. The lowest BCUT2D eigenvalue weighted by Gasteiger charge is -2.05. The molecule has 20 heavy (non-hydrogen) atoms. The molecule has 0 aromatic heterocycles. The average molecular weight is 292 g/mol. The zero-order valence-corrected chi connectivity index (χ0v) is 11.4. The van der Waals surface area contributed by atoms with Crippen LogP contribution in [0.15, 0.2) is 42.5 Å². The van der Waals surface area contributed by atoms with Crippen LogP contribution < -0.4 is 5.32 Å². The fourth-order valence-electron chi connectivity index (χ4n) is 1.74. The highest BCUT2D eigenvalue weighted by Gasteiger charge is 2.14. The van der Waals surface area contributed by atoms with Gasteiger partial charge in [-0.05, 0) is 42.5 Å². The van der Waals surface area contributed by atoms with Crippen molar-refractivity contribution in [3.63, 3.8) is 0 Å². The number of halogens is 2. The molecule has 1 N–H and O–H groups in total. The van der Waals surface area contributed by atoms with Gasteiger partial charge in [-0.15, -0.1) is 0 Å². The van der Waals surface area contributed by atoms with Crippen LogP contribution >= 0.6 is 11.6 Å². The number of amides is 1. The van der Waals surface area contributed by atoms with Gasteiger partial charge in [-0.2, -0.15) is 0 Å². The van der Waals surface area contributed by atoms with E-state index in [0.29, 0.717) is 16.3 Å². The molecular formula is C15H11ClFNO2. The highest BCUT2D eigenvalue weighted by Crippen LogP contribution is 2.19. The Balaban J connectivity index is 2.29. The zero-order chi connectivity index (χ0) is 14.7. The van der Waals surface area contributed by atoms with Crippen LogP contribution in [0.5, 0.6) is 0 Å². The molecule has 1 amide bonds. The lowest BCUT2D eigenvalue weighted by Crippen LogP contribution is -2.07. The molecule has 0 fully saturated rings. The maximum absolute atomic E-state index is 13.6. The van der Waals surface area contributed by atoms with Crippen molar-refractivity contribution in [2.75, 3.05) is 5.32 Å². The molecule has 0 saturated heterocycles. The molecule has 3 nitrogen and oxygen atoms in total. The molecule has 5 heteroatoms. The van der Waals surface area contributed by atoms with Gasteiger partial charge >= 0.3 is 0 Å². The second-order valence-corrected chi connectivity index (χ2v) is 4.65. The monoisotopic (exact) mass is 291 g/mol. The number of anilines is 1. The molecule has 0 aliphatic carbocycles. The molecule has 0 unspecified atom stereocenters. The highest BCUT2D eigenvalue weighted by molar-refractivity contribution is 6.31. The maximum atomic E-state index is 13.6. The summed E-state index contributed by atoms with van der Waals surface area (Å²) < 4.78 is 13.6. The van der Waals surface area contributed by atoms with Crippen molar-refractivity contribution >= 4 is 29.0 Å². The van der Waals surface area contributed by atoms with Crippen LogP contribution in [-0.2, 0) is 4.79 Å². The smallest absolute Gasteiger partial charge is 0.221 e. The Morgan fingerprint density at radius 2 is 1.75 bits per heavy atom. The van der Waals surface area contributed by atoms with E-state index in [1.165, 1.54) is 31.2 Å². The molecule has 0 saturated carbocycles. The lowest BCUT2D eigenvalue weighted by atomic mass is 10.0. The van der Waals surface area contributed by atoms with Gasteiger partial charge in [0.1, 0.15) is 5.82 Å². The zero-order valence-electron chi connectivity index (χ0n) is 10.6. The topological polar surface area (TPSA) is 46.2 Å². The van der Waals surface area contributed by atoms with E-state index in [9.17, 15) is 14.0 Å². The van der Waals surface area contributed by atoms with Crippen molar-refractivity contribution < 1.29 is 14.0 Å². The first-order chi connectivity index (χ1) is 9.47. The van der Waals surface area contributed by atoms with Crippen molar-refractivity contribution in [2.24, 2.45) is 0 Å². The normalized spacial score (nSPS) is 10.2. The number of nitrogens with one attached hydrogen (secondary N) is 1. The van der Waals surface area contributed by atoms with Crippen LogP contribution in [0.1, 0.15) is 22.8 Å². The molecule has 0 heterocycles. The van der Waals surface area contributed by atoms with Crippen LogP contribution in [0.2, 0.25) is 5.02 Å². The molecule has 2 aromatic rings. The van der Waals surface area contributed by atoms with Crippen molar-refractivity contribution in [1.29, 1.82) is 0 Å². The van der Waals surface area contributed by atoms with Crippen LogP contribution in [0.3, 0.4) is 0 Å². The van der Waals surface area contributed by atoms with Crippen molar-refractivity contribution in [3.05, 3.63) is 64.4 Å². The second-order valence-electron chi connectivity index (χ2n) is 4.21. The number of rotatable bonds is 3. The summed E-state index contributed by atoms with van der Waals surface area (Å²) in [6.45, 7) is 1.39. The predicted molar refractivity (Wildman–Crippen MR) is 75.6 cm³/mol. The minimum absolute atomic E-state index is 0.0789. The Bertz CT molecular complexity index is 668. The summed E-state index contributed by atoms with van der Waals surface area (Å²) in [5.74, 6) is -1.28. The fourth-order valence-corrected chi connectivity index (χ4v) is 1.91. The van der Waals surface area contributed by atoms with Crippen LogP contribution in [0.25, 0.3) is 0 Å². The Hall–Kier alpha value is -2.20. The van der Waals surface area contributed by atoms with E-state index in [4.69, 9.17) is 11.6 Å². The Kier molecular flexibility index (Phi) is 4.15. The van der Waals surface area contributed by atoms with Gasteiger partial charge in [0, 0.05) is 23.2 Å². The third-order valence-corrected chi connectivity index (χ3v) is 2.88. The van der Waals surface area contributed by atoms with Crippen LogP contribution in [0, 0.1) is 5.82 Å². The quantitative estimate of drug-likeness (QED) is 0.877. The lowest BCUT2D eigenvalue weighted by molar-refractivity contribution is -0.114. The summed E-state index contributed by atoms with van der Waals surface area (Å²) >= 11 is 5.76. The third-order valence-electron chi connectivity index (χ3n) is 2.64. The van der Waals surface area contributed by atoms with E-state index in [1.807, 2.05) is 0 Å². The van der Waals surface area contributed by atoms with Crippen LogP contribution in [-0.4, -0.2) is 11.7 Å². The summed E-state index contributed by atoms with van der Waals surface area (Å²) in [7, 11) is 0. The van der Waals surface area contributed by atoms with Crippen molar-refractivity contribution in [2.45, 2.75) is 6.92 Å². The summed E-state index contributed by atoms with van der Waals surface area (Å²) in [6, 6.07) is 10.0. The first-order valence-electron chi connectivity index (χ1n) is 5.85. The molecule has 2 rings (SSSR count). The van der Waals surface area contributed by atoms with E-state index in [0.717, 1.165) is 6.07 Å². The molecular weight excluding hydrogens is 281 g/mol. The minimum Gasteiger partial charge on any atom is -0.326 e. The van der Waals surface area contributed by atoms with Gasteiger partial charge in [0.2, 0.25) is 5.91 Å². The van der Waals surface area contributed by atoms with Gasteiger partial charge in [-0.3, -0.25) is 9.59 Å². The second kappa shape index (κ2) is 5.84. The Morgan fingerprint density at radius 1 is 1.10 bits per heavy atom. The molecule has 0 radical (unpaired) electrons. The largest absolute Gasteiger partial charge is 0.326 e. The number of benzene rings is 2. The summed E-state index contributed by atoms with van der Waals surface area (Å²) in [5, 5.41) is 2.88. The molecule has 0 atom stereocenters. The standard InChI is InChI=1S/C15H11ClFNO2/c1-9(19)18-12-5-2-10(3-6-12)15(20)13-8-11(16)4-7-14(13)17/h2-8H,1H3,(H,18,19). The van der Waals surface area contributed by atoms with Crippen LogP contribution in [0.4, 0.5) is 10.1 Å². The Morgan fingerprint density at radius 3 is 2.35 bits per heavy atom. The predicted octanol–water partition coefficient (Wildman–Crippen LogP) is 3.67. The Labute approximate surface area is 120 Å².